The number of hydrogen-bond donors (Lipinski definition) is 0. The molecule has 0 bridgehead atoms. The summed E-state index contributed by atoms with van der Waals surface area (Å²) in [5.41, 5.74) is 0. The fourth-order valence-electron chi connectivity index (χ4n) is 0.440. The van der Waals surface area contributed by atoms with Crippen molar-refractivity contribution >= 4 is 0 Å². The van der Waals surface area contributed by atoms with E-state index in [9.17, 15) is 0 Å². The molecule has 0 heterocycles. The normalized spacial score (nSPS) is 6.44. The van der Waals surface area contributed by atoms with Gasteiger partial charge < -0.3 is 12.3 Å². The molecule has 0 atom stereocenters. The van der Waals surface area contributed by atoms with Gasteiger partial charge in [-0.15, -0.1) is 12.3 Å². The Balaban J connectivity index is 0. The summed E-state index contributed by atoms with van der Waals surface area (Å²) in [4.78, 5) is 0. The molecule has 0 radical (unpaired) electrons. The van der Waals surface area contributed by atoms with Crippen molar-refractivity contribution in [2.75, 3.05) is 0 Å². The van der Waals surface area contributed by atoms with Crippen molar-refractivity contribution in [1.82, 2.24) is 0 Å². The van der Waals surface area contributed by atoms with Crippen LogP contribution in [0.1, 0.15) is 25.7 Å². The molecule has 0 N–H and O–H groups in total. The number of hydrogen-bond acceptors (Lipinski definition) is 0. The van der Waals surface area contributed by atoms with E-state index in [-0.39, 0.29) is 18.9 Å². The largest absolute Gasteiger partial charge is 1.00 e. The summed E-state index contributed by atoms with van der Waals surface area (Å²) in [6.45, 7) is 0. The van der Waals surface area contributed by atoms with E-state index in [1.165, 1.54) is 0 Å². The summed E-state index contributed by atoms with van der Waals surface area (Å²) in [6.07, 6.45) is 15.2. The summed E-state index contributed by atoms with van der Waals surface area (Å²) < 4.78 is 0. The van der Waals surface area contributed by atoms with Crippen LogP contribution in [0.3, 0.4) is 0 Å². The third-order valence-corrected chi connectivity index (χ3v) is 0.873. The Morgan fingerprint density at radius 3 is 2.22 bits per heavy atom. The van der Waals surface area contributed by atoms with Crippen LogP contribution < -0.4 is 18.9 Å². The maximum atomic E-state index is 6.54. The van der Waals surface area contributed by atoms with Gasteiger partial charge in [0.05, 0.1) is 0 Å². The molecule has 0 unspecified atom stereocenters. The van der Waals surface area contributed by atoms with E-state index in [4.69, 9.17) is 12.8 Å². The zero-order chi connectivity index (χ0) is 6.24. The van der Waals surface area contributed by atoms with Crippen LogP contribution in [0.15, 0.2) is 0 Å². The third kappa shape index (κ3) is 11.3. The minimum Gasteiger partial charge on any atom is -0.694 e. The average molecular weight is 112 g/mol. The van der Waals surface area contributed by atoms with Gasteiger partial charge >= 0.3 is 18.9 Å². The minimum atomic E-state index is 0. The van der Waals surface area contributed by atoms with E-state index in [0.717, 1.165) is 25.7 Å². The summed E-state index contributed by atoms with van der Waals surface area (Å²) in [6, 6.07) is 0. The van der Waals surface area contributed by atoms with Crippen molar-refractivity contribution in [1.29, 1.82) is 0 Å². The first kappa shape index (κ1) is 11.5. The van der Waals surface area contributed by atoms with Gasteiger partial charge in [0.1, 0.15) is 0 Å². The molecule has 0 saturated heterocycles. The maximum Gasteiger partial charge on any atom is 1.00 e. The Labute approximate surface area is 69.6 Å². The molecule has 0 nitrogen and oxygen atoms in total. The van der Waals surface area contributed by atoms with E-state index in [0.29, 0.717) is 0 Å². The van der Waals surface area contributed by atoms with Crippen LogP contribution in [-0.4, -0.2) is 0 Å². The van der Waals surface area contributed by atoms with Crippen molar-refractivity contribution in [2.45, 2.75) is 25.7 Å². The molecule has 0 aliphatic carbocycles. The van der Waals surface area contributed by atoms with Crippen molar-refractivity contribution < 1.29 is 18.9 Å². The van der Waals surface area contributed by atoms with Crippen molar-refractivity contribution in [3.8, 4) is 18.3 Å². The molecular weight excluding hydrogens is 103 g/mol. The summed E-state index contributed by atoms with van der Waals surface area (Å²) in [5, 5.41) is 0. The van der Waals surface area contributed by atoms with Gasteiger partial charge in [0, 0.05) is 6.42 Å². The van der Waals surface area contributed by atoms with Crippen LogP contribution in [0.25, 0.3) is 0 Å². The molecule has 0 aromatic rings. The molecule has 0 rings (SSSR count). The molecule has 0 spiro atoms. The predicted octanol–water partition coefficient (Wildman–Crippen LogP) is -1.23. The van der Waals surface area contributed by atoms with Gasteiger partial charge in [-0.25, -0.2) is 0 Å². The SMILES string of the molecule is [C-]#CCCCCC#C.[Li+]. The first-order chi connectivity index (χ1) is 3.91. The molecule has 0 fully saturated rings. The molecule has 0 amide bonds. The van der Waals surface area contributed by atoms with Crippen LogP contribution in [0, 0.1) is 24.7 Å². The first-order valence-electron chi connectivity index (χ1n) is 2.75. The molecule has 0 aliphatic heterocycles. The molecule has 0 saturated carbocycles. The van der Waals surface area contributed by atoms with E-state index >= 15 is 0 Å². The summed E-state index contributed by atoms with van der Waals surface area (Å²) in [7, 11) is 0. The van der Waals surface area contributed by atoms with Crippen molar-refractivity contribution in [3.05, 3.63) is 6.42 Å². The molecule has 1 heteroatoms. The molecule has 0 aromatic carbocycles. The Morgan fingerprint density at radius 1 is 1.22 bits per heavy atom. The standard InChI is InChI=1S/C8H9.Li/c1-3-5-7-8-6-4-2;/h1H,5-8H2;/q-1;+1. The number of rotatable bonds is 3. The molecule has 0 aromatic heterocycles. The van der Waals surface area contributed by atoms with Crippen molar-refractivity contribution in [3.63, 3.8) is 0 Å². The molecule has 0 aliphatic rings. The van der Waals surface area contributed by atoms with E-state index in [1.54, 1.807) is 0 Å². The fourth-order valence-corrected chi connectivity index (χ4v) is 0.440. The van der Waals surface area contributed by atoms with Gasteiger partial charge in [-0.2, -0.15) is 0 Å². The second-order valence-electron chi connectivity index (χ2n) is 1.59. The monoisotopic (exact) mass is 112 g/mol. The van der Waals surface area contributed by atoms with Gasteiger partial charge in [0.2, 0.25) is 0 Å². The minimum absolute atomic E-state index is 0. The molecule has 42 valence electrons. The van der Waals surface area contributed by atoms with Gasteiger partial charge in [0.15, 0.2) is 0 Å². The second kappa shape index (κ2) is 10.7. The Hall–Kier alpha value is -0.283. The zero-order valence-electron chi connectivity index (χ0n) is 5.91. The van der Waals surface area contributed by atoms with Crippen LogP contribution >= 0.6 is 0 Å². The Bertz CT molecular complexity index is 97.5. The summed E-state index contributed by atoms with van der Waals surface area (Å²) >= 11 is 0. The quantitative estimate of drug-likeness (QED) is 0.186. The van der Waals surface area contributed by atoms with E-state index in [1.807, 2.05) is 0 Å². The smallest absolute Gasteiger partial charge is 0.694 e. The van der Waals surface area contributed by atoms with Gasteiger partial charge in [0.25, 0.3) is 0 Å². The molecule has 9 heavy (non-hydrogen) atoms. The second-order valence-corrected chi connectivity index (χ2v) is 1.59. The Kier molecular flexibility index (Phi) is 13.6. The third-order valence-electron chi connectivity index (χ3n) is 0.873. The zero-order valence-corrected chi connectivity index (χ0v) is 5.91. The van der Waals surface area contributed by atoms with Crippen molar-refractivity contribution in [2.24, 2.45) is 0 Å². The maximum absolute atomic E-state index is 6.54. The van der Waals surface area contributed by atoms with Crippen LogP contribution in [0.5, 0.6) is 0 Å². The molecular formula is C8H9Li. The Morgan fingerprint density at radius 2 is 1.78 bits per heavy atom. The average Bonchev–Trinajstić information content (AvgIpc) is 1.81. The van der Waals surface area contributed by atoms with Gasteiger partial charge in [-0.05, 0) is 19.3 Å². The number of unbranched alkanes of at least 4 members (excludes halogenated alkanes) is 3. The van der Waals surface area contributed by atoms with Crippen LogP contribution in [0.2, 0.25) is 0 Å². The fraction of sp³-hybridized carbons (Fsp3) is 0.500. The summed E-state index contributed by atoms with van der Waals surface area (Å²) in [5.74, 6) is 4.85. The topological polar surface area (TPSA) is 0 Å². The van der Waals surface area contributed by atoms with Gasteiger partial charge in [-0.3, -0.25) is 0 Å². The number of terminal acetylenes is 1. The predicted molar refractivity (Wildman–Crippen MR) is 34.4 cm³/mol. The van der Waals surface area contributed by atoms with E-state index < -0.39 is 0 Å². The van der Waals surface area contributed by atoms with Gasteiger partial charge in [-0.1, -0.05) is 0 Å². The van der Waals surface area contributed by atoms with E-state index in [2.05, 4.69) is 11.8 Å². The van der Waals surface area contributed by atoms with Crippen LogP contribution in [0.4, 0.5) is 0 Å². The van der Waals surface area contributed by atoms with Crippen LogP contribution in [-0.2, 0) is 0 Å². The first-order valence-corrected chi connectivity index (χ1v) is 2.75.